The molecule has 3 heterocycles. The van der Waals surface area contributed by atoms with E-state index in [1.807, 2.05) is 6.92 Å². The number of methoxy groups -OCH3 is 1. The molecular formula is C13H13N5O3S. The standard InChI is InChI=1S/C13H13N5O3S/c1-7(21-9-4-6-22-10(9)11(19)20-2)8-3-5-15-13-16-12(14)17-18(8)13/h3-7H,1-2H3,(H2,14,17). The van der Waals surface area contributed by atoms with E-state index in [1.54, 1.807) is 23.7 Å². The van der Waals surface area contributed by atoms with Crippen LogP contribution in [0.1, 0.15) is 28.4 Å². The molecule has 3 rings (SSSR count). The summed E-state index contributed by atoms with van der Waals surface area (Å²) < 4.78 is 12.1. The predicted octanol–water partition coefficient (Wildman–Crippen LogP) is 1.69. The molecular weight excluding hydrogens is 306 g/mol. The van der Waals surface area contributed by atoms with Crippen molar-refractivity contribution in [1.29, 1.82) is 0 Å². The van der Waals surface area contributed by atoms with Crippen molar-refractivity contribution in [3.63, 3.8) is 0 Å². The van der Waals surface area contributed by atoms with Gasteiger partial charge < -0.3 is 15.2 Å². The molecule has 0 fully saturated rings. The molecule has 0 saturated heterocycles. The van der Waals surface area contributed by atoms with Crippen molar-refractivity contribution in [2.45, 2.75) is 13.0 Å². The van der Waals surface area contributed by atoms with Crippen LogP contribution in [0.4, 0.5) is 5.95 Å². The molecule has 3 aromatic rings. The van der Waals surface area contributed by atoms with Crippen molar-refractivity contribution in [2.75, 3.05) is 12.8 Å². The van der Waals surface area contributed by atoms with Crippen LogP contribution in [0.2, 0.25) is 0 Å². The van der Waals surface area contributed by atoms with Crippen LogP contribution in [0.25, 0.3) is 5.78 Å². The Bertz CT molecular complexity index is 828. The number of anilines is 1. The number of nitrogens with zero attached hydrogens (tertiary/aromatic N) is 4. The van der Waals surface area contributed by atoms with Crippen LogP contribution in [0, 0.1) is 0 Å². The molecule has 1 unspecified atom stereocenters. The topological polar surface area (TPSA) is 105 Å². The van der Waals surface area contributed by atoms with Crippen molar-refractivity contribution in [1.82, 2.24) is 19.6 Å². The molecule has 0 aromatic carbocycles. The van der Waals surface area contributed by atoms with Gasteiger partial charge in [-0.3, -0.25) is 0 Å². The van der Waals surface area contributed by atoms with Crippen LogP contribution >= 0.6 is 11.3 Å². The van der Waals surface area contributed by atoms with Crippen LogP contribution in [-0.2, 0) is 4.74 Å². The maximum Gasteiger partial charge on any atom is 0.351 e. The zero-order valence-corrected chi connectivity index (χ0v) is 12.7. The number of hydrogen-bond donors (Lipinski definition) is 1. The van der Waals surface area contributed by atoms with Crippen LogP contribution < -0.4 is 10.5 Å². The predicted molar refractivity (Wildman–Crippen MR) is 79.9 cm³/mol. The Hall–Kier alpha value is -2.68. The van der Waals surface area contributed by atoms with Gasteiger partial charge in [0.2, 0.25) is 5.95 Å². The van der Waals surface area contributed by atoms with Gasteiger partial charge in [0, 0.05) is 6.20 Å². The molecule has 0 saturated carbocycles. The van der Waals surface area contributed by atoms with E-state index in [2.05, 4.69) is 15.1 Å². The first-order valence-corrected chi connectivity index (χ1v) is 7.27. The van der Waals surface area contributed by atoms with Gasteiger partial charge in [-0.15, -0.1) is 16.4 Å². The smallest absolute Gasteiger partial charge is 0.351 e. The zero-order chi connectivity index (χ0) is 15.7. The maximum absolute atomic E-state index is 11.7. The number of aromatic nitrogens is 4. The van der Waals surface area contributed by atoms with E-state index < -0.39 is 5.97 Å². The van der Waals surface area contributed by atoms with E-state index in [0.717, 1.165) is 5.69 Å². The fourth-order valence-corrected chi connectivity index (χ4v) is 2.76. The lowest BCUT2D eigenvalue weighted by molar-refractivity contribution is 0.0599. The summed E-state index contributed by atoms with van der Waals surface area (Å²) in [6, 6.07) is 3.48. The van der Waals surface area contributed by atoms with Crippen LogP contribution in [-0.4, -0.2) is 32.7 Å². The van der Waals surface area contributed by atoms with Crippen LogP contribution in [0.15, 0.2) is 23.7 Å². The summed E-state index contributed by atoms with van der Waals surface area (Å²) in [5.41, 5.74) is 6.31. The molecule has 2 N–H and O–H groups in total. The minimum Gasteiger partial charge on any atom is -0.483 e. The van der Waals surface area contributed by atoms with E-state index in [4.69, 9.17) is 15.2 Å². The second-order valence-electron chi connectivity index (χ2n) is 4.42. The lowest BCUT2D eigenvalue weighted by Crippen LogP contribution is -2.11. The molecule has 0 aliphatic carbocycles. The SMILES string of the molecule is COC(=O)c1sccc1OC(C)c1ccnc2nc(N)nn12. The molecule has 22 heavy (non-hydrogen) atoms. The molecule has 0 spiro atoms. The van der Waals surface area contributed by atoms with Gasteiger partial charge in [0.05, 0.1) is 12.8 Å². The molecule has 0 bridgehead atoms. The second kappa shape index (κ2) is 5.60. The van der Waals surface area contributed by atoms with Gasteiger partial charge in [0.25, 0.3) is 5.78 Å². The first kappa shape index (κ1) is 14.3. The van der Waals surface area contributed by atoms with Crippen LogP contribution in [0.3, 0.4) is 0 Å². The molecule has 0 aliphatic heterocycles. The van der Waals surface area contributed by atoms with Gasteiger partial charge in [-0.2, -0.15) is 9.50 Å². The minimum absolute atomic E-state index is 0.137. The lowest BCUT2D eigenvalue weighted by atomic mass is 10.2. The third-order valence-electron chi connectivity index (χ3n) is 3.01. The van der Waals surface area contributed by atoms with Crippen molar-refractivity contribution >= 4 is 29.0 Å². The normalized spacial score (nSPS) is 12.3. The summed E-state index contributed by atoms with van der Waals surface area (Å²) in [5.74, 6) is 0.561. The number of esters is 1. The van der Waals surface area contributed by atoms with Gasteiger partial charge in [0.1, 0.15) is 11.9 Å². The zero-order valence-electron chi connectivity index (χ0n) is 11.9. The average molecular weight is 319 g/mol. The van der Waals surface area contributed by atoms with E-state index in [1.165, 1.54) is 23.0 Å². The highest BCUT2D eigenvalue weighted by atomic mass is 32.1. The Morgan fingerprint density at radius 3 is 3.05 bits per heavy atom. The average Bonchev–Trinajstić information content (AvgIpc) is 3.11. The van der Waals surface area contributed by atoms with Gasteiger partial charge in [-0.1, -0.05) is 0 Å². The summed E-state index contributed by atoms with van der Waals surface area (Å²) in [6.07, 6.45) is 1.22. The molecule has 8 nitrogen and oxygen atoms in total. The summed E-state index contributed by atoms with van der Waals surface area (Å²) in [4.78, 5) is 20.2. The van der Waals surface area contributed by atoms with E-state index in [9.17, 15) is 4.79 Å². The Morgan fingerprint density at radius 1 is 1.45 bits per heavy atom. The van der Waals surface area contributed by atoms with Gasteiger partial charge >= 0.3 is 5.97 Å². The highest BCUT2D eigenvalue weighted by Crippen LogP contribution is 2.30. The van der Waals surface area contributed by atoms with Gasteiger partial charge in [-0.05, 0) is 24.4 Å². The van der Waals surface area contributed by atoms with Gasteiger partial charge in [-0.25, -0.2) is 9.78 Å². The Morgan fingerprint density at radius 2 is 2.27 bits per heavy atom. The lowest BCUT2D eigenvalue weighted by Gasteiger charge is -2.15. The summed E-state index contributed by atoms with van der Waals surface area (Å²) in [5, 5.41) is 5.86. The third-order valence-corrected chi connectivity index (χ3v) is 3.88. The Labute approximate surface area is 129 Å². The summed E-state index contributed by atoms with van der Waals surface area (Å²) >= 11 is 1.26. The first-order chi connectivity index (χ1) is 10.6. The molecule has 1 atom stereocenters. The van der Waals surface area contributed by atoms with Crippen molar-refractivity contribution in [3.8, 4) is 5.75 Å². The highest BCUT2D eigenvalue weighted by molar-refractivity contribution is 7.12. The van der Waals surface area contributed by atoms with Crippen molar-refractivity contribution in [2.24, 2.45) is 0 Å². The Kier molecular flexibility index (Phi) is 3.63. The molecule has 3 aromatic heterocycles. The number of fused-ring (bicyclic) bond motifs is 1. The van der Waals surface area contributed by atoms with Crippen molar-refractivity contribution in [3.05, 3.63) is 34.3 Å². The van der Waals surface area contributed by atoms with E-state index in [-0.39, 0.29) is 12.1 Å². The van der Waals surface area contributed by atoms with Gasteiger partial charge in [0.15, 0.2) is 4.88 Å². The third kappa shape index (κ3) is 2.46. The maximum atomic E-state index is 11.7. The Balaban J connectivity index is 1.92. The van der Waals surface area contributed by atoms with Crippen LogP contribution in [0.5, 0.6) is 5.75 Å². The number of hydrogen-bond acceptors (Lipinski definition) is 8. The van der Waals surface area contributed by atoms with Crippen molar-refractivity contribution < 1.29 is 14.3 Å². The fraction of sp³-hybridized carbons (Fsp3) is 0.231. The fourth-order valence-electron chi connectivity index (χ4n) is 2.02. The van der Waals surface area contributed by atoms with E-state index >= 15 is 0 Å². The second-order valence-corrected chi connectivity index (χ2v) is 5.33. The molecule has 0 amide bonds. The molecule has 0 aliphatic rings. The minimum atomic E-state index is -0.429. The number of nitrogen functional groups attached to an aromatic ring is 1. The largest absolute Gasteiger partial charge is 0.483 e. The number of nitrogens with two attached hydrogens (primary N) is 1. The first-order valence-electron chi connectivity index (χ1n) is 6.39. The molecule has 9 heteroatoms. The quantitative estimate of drug-likeness (QED) is 0.730. The number of rotatable bonds is 4. The molecule has 0 radical (unpaired) electrons. The number of carbonyl (C=O) groups excluding carboxylic acids is 1. The molecule has 114 valence electrons. The number of thiophene rings is 1. The highest BCUT2D eigenvalue weighted by Gasteiger charge is 2.19. The number of carbonyl (C=O) groups is 1. The van der Waals surface area contributed by atoms with E-state index in [0.29, 0.717) is 16.4 Å². The summed E-state index contributed by atoms with van der Waals surface area (Å²) in [6.45, 7) is 1.84. The number of ether oxygens (including phenoxy) is 2. The monoisotopic (exact) mass is 319 g/mol. The summed E-state index contributed by atoms with van der Waals surface area (Å²) in [7, 11) is 1.33.